The number of nitrogens with one attached hydrogen (secondary N) is 2. The van der Waals surface area contributed by atoms with Crippen LogP contribution in [0.25, 0.3) is 0 Å². The first-order valence-corrected chi connectivity index (χ1v) is 8.99. The van der Waals surface area contributed by atoms with Crippen molar-refractivity contribution in [3.05, 3.63) is 89.5 Å². The molecule has 2 aromatic carbocycles. The van der Waals surface area contributed by atoms with Crippen molar-refractivity contribution in [3.8, 4) is 5.75 Å². The van der Waals surface area contributed by atoms with E-state index in [1.807, 2.05) is 24.3 Å². The predicted molar refractivity (Wildman–Crippen MR) is 107 cm³/mol. The highest BCUT2D eigenvalue weighted by atomic mass is 19.1. The first kappa shape index (κ1) is 19.4. The molecule has 0 unspecified atom stereocenters. The number of carbonyl (C=O) groups is 1. The third kappa shape index (κ3) is 5.30. The van der Waals surface area contributed by atoms with Crippen LogP contribution in [0.4, 0.5) is 10.1 Å². The molecule has 0 aliphatic carbocycles. The topological polar surface area (TPSA) is 63.2 Å². The van der Waals surface area contributed by atoms with Gasteiger partial charge < -0.3 is 15.4 Å². The number of anilines is 1. The summed E-state index contributed by atoms with van der Waals surface area (Å²) in [5.74, 6) is 0.338. The van der Waals surface area contributed by atoms with Crippen LogP contribution in [-0.4, -0.2) is 24.5 Å². The first-order valence-electron chi connectivity index (χ1n) is 8.99. The molecule has 3 rings (SSSR count). The number of pyridine rings is 1. The van der Waals surface area contributed by atoms with Gasteiger partial charge in [0.05, 0.1) is 18.4 Å². The average molecular weight is 379 g/mol. The molecule has 0 radical (unpaired) electrons. The SMILES string of the molecule is COc1ccccc1CNc1cncc(C(=O)NCCc2ccc(F)cc2)c1. The molecule has 1 heterocycles. The van der Waals surface area contributed by atoms with E-state index in [0.29, 0.717) is 25.1 Å². The minimum atomic E-state index is -0.267. The van der Waals surface area contributed by atoms with Crippen LogP contribution in [0.3, 0.4) is 0 Å². The standard InChI is InChI=1S/C22H22FN3O2/c1-28-21-5-3-2-4-17(21)14-26-20-12-18(13-24-15-20)22(27)25-11-10-16-6-8-19(23)9-7-16/h2-9,12-13,15,26H,10-11,14H2,1H3,(H,25,27). The average Bonchev–Trinajstić information content (AvgIpc) is 2.74. The molecule has 0 aliphatic rings. The maximum atomic E-state index is 12.9. The fourth-order valence-electron chi connectivity index (χ4n) is 2.78. The Balaban J connectivity index is 1.54. The molecule has 0 spiro atoms. The second-order valence-corrected chi connectivity index (χ2v) is 6.26. The van der Waals surface area contributed by atoms with E-state index in [-0.39, 0.29) is 11.7 Å². The normalized spacial score (nSPS) is 10.4. The van der Waals surface area contributed by atoms with Crippen LogP contribution < -0.4 is 15.4 Å². The van der Waals surface area contributed by atoms with Gasteiger partial charge in [-0.15, -0.1) is 0 Å². The van der Waals surface area contributed by atoms with Gasteiger partial charge in [0.25, 0.3) is 5.91 Å². The van der Waals surface area contributed by atoms with Gasteiger partial charge in [0.2, 0.25) is 0 Å². The minimum Gasteiger partial charge on any atom is -0.496 e. The maximum Gasteiger partial charge on any atom is 0.252 e. The number of hydrogen-bond acceptors (Lipinski definition) is 4. The van der Waals surface area contributed by atoms with Gasteiger partial charge in [-0.05, 0) is 36.2 Å². The van der Waals surface area contributed by atoms with E-state index in [9.17, 15) is 9.18 Å². The highest BCUT2D eigenvalue weighted by Gasteiger charge is 2.08. The number of amides is 1. The van der Waals surface area contributed by atoms with Crippen molar-refractivity contribution in [1.29, 1.82) is 0 Å². The fraction of sp³-hybridized carbons (Fsp3) is 0.182. The van der Waals surface area contributed by atoms with Crippen LogP contribution in [0.15, 0.2) is 67.0 Å². The fourth-order valence-corrected chi connectivity index (χ4v) is 2.78. The number of carbonyl (C=O) groups excluding carboxylic acids is 1. The zero-order valence-electron chi connectivity index (χ0n) is 15.6. The molecule has 6 heteroatoms. The zero-order valence-corrected chi connectivity index (χ0v) is 15.6. The monoisotopic (exact) mass is 379 g/mol. The van der Waals surface area contributed by atoms with Gasteiger partial charge in [-0.2, -0.15) is 0 Å². The molecule has 28 heavy (non-hydrogen) atoms. The van der Waals surface area contributed by atoms with Gasteiger partial charge in [-0.25, -0.2) is 4.39 Å². The van der Waals surface area contributed by atoms with E-state index in [0.717, 1.165) is 22.6 Å². The van der Waals surface area contributed by atoms with Crippen LogP contribution in [0.5, 0.6) is 5.75 Å². The summed E-state index contributed by atoms with van der Waals surface area (Å²) in [6, 6.07) is 15.8. The number of rotatable bonds is 8. The Kier molecular flexibility index (Phi) is 6.57. The van der Waals surface area contributed by atoms with E-state index in [2.05, 4.69) is 15.6 Å². The third-order valence-corrected chi connectivity index (χ3v) is 4.29. The van der Waals surface area contributed by atoms with E-state index < -0.39 is 0 Å². The molecule has 144 valence electrons. The molecule has 1 aromatic heterocycles. The lowest BCUT2D eigenvalue weighted by molar-refractivity contribution is 0.0954. The molecule has 0 fully saturated rings. The highest BCUT2D eigenvalue weighted by molar-refractivity contribution is 5.94. The molecule has 0 aliphatic heterocycles. The van der Waals surface area contributed by atoms with Crippen molar-refractivity contribution in [2.45, 2.75) is 13.0 Å². The number of hydrogen-bond donors (Lipinski definition) is 2. The molecular formula is C22H22FN3O2. The largest absolute Gasteiger partial charge is 0.496 e. The summed E-state index contributed by atoms with van der Waals surface area (Å²) in [6.07, 6.45) is 3.83. The van der Waals surface area contributed by atoms with Crippen molar-refractivity contribution in [3.63, 3.8) is 0 Å². The van der Waals surface area contributed by atoms with Gasteiger partial charge >= 0.3 is 0 Å². The molecule has 1 amide bonds. The zero-order chi connectivity index (χ0) is 19.8. The first-order chi connectivity index (χ1) is 13.7. The number of methoxy groups -OCH3 is 1. The van der Waals surface area contributed by atoms with Crippen molar-refractivity contribution in [2.75, 3.05) is 19.0 Å². The molecule has 0 atom stereocenters. The number of halogens is 1. The maximum absolute atomic E-state index is 12.9. The molecule has 0 saturated heterocycles. The summed E-state index contributed by atoms with van der Waals surface area (Å²) in [6.45, 7) is 1.02. The Morgan fingerprint density at radius 1 is 1.11 bits per heavy atom. The van der Waals surface area contributed by atoms with E-state index in [1.54, 1.807) is 31.5 Å². The summed E-state index contributed by atoms with van der Waals surface area (Å²) >= 11 is 0. The Labute approximate surface area is 163 Å². The summed E-state index contributed by atoms with van der Waals surface area (Å²) in [5, 5.41) is 6.12. The van der Waals surface area contributed by atoms with Crippen molar-refractivity contribution >= 4 is 11.6 Å². The van der Waals surface area contributed by atoms with Gasteiger partial charge in [-0.1, -0.05) is 30.3 Å². The second-order valence-electron chi connectivity index (χ2n) is 6.26. The summed E-state index contributed by atoms with van der Waals surface area (Å²) < 4.78 is 18.3. The quantitative estimate of drug-likeness (QED) is 0.625. The van der Waals surface area contributed by atoms with Gasteiger partial charge in [0, 0.05) is 31.0 Å². The lowest BCUT2D eigenvalue weighted by Gasteiger charge is -2.11. The Morgan fingerprint density at radius 2 is 1.89 bits per heavy atom. The van der Waals surface area contributed by atoms with Crippen molar-refractivity contribution in [1.82, 2.24) is 10.3 Å². The smallest absolute Gasteiger partial charge is 0.252 e. The molecule has 0 bridgehead atoms. The van der Waals surface area contributed by atoms with Crippen molar-refractivity contribution < 1.29 is 13.9 Å². The van der Waals surface area contributed by atoms with Crippen LogP contribution in [0.2, 0.25) is 0 Å². The predicted octanol–water partition coefficient (Wildman–Crippen LogP) is 3.81. The van der Waals surface area contributed by atoms with Crippen LogP contribution >= 0.6 is 0 Å². The molecule has 3 aromatic rings. The molecular weight excluding hydrogens is 357 g/mol. The Hall–Kier alpha value is -3.41. The summed E-state index contributed by atoms with van der Waals surface area (Å²) in [5.41, 5.74) is 3.20. The van der Waals surface area contributed by atoms with E-state index >= 15 is 0 Å². The van der Waals surface area contributed by atoms with E-state index in [4.69, 9.17) is 4.74 Å². The van der Waals surface area contributed by atoms with Crippen LogP contribution in [0.1, 0.15) is 21.5 Å². The Bertz CT molecular complexity index is 929. The number of ether oxygens (including phenoxy) is 1. The van der Waals surface area contributed by atoms with Gasteiger partial charge in [0.15, 0.2) is 0 Å². The minimum absolute atomic E-state index is 0.199. The van der Waals surface area contributed by atoms with Crippen LogP contribution in [0, 0.1) is 5.82 Å². The van der Waals surface area contributed by atoms with Crippen LogP contribution in [-0.2, 0) is 13.0 Å². The highest BCUT2D eigenvalue weighted by Crippen LogP contribution is 2.19. The summed E-state index contributed by atoms with van der Waals surface area (Å²) in [4.78, 5) is 16.5. The molecule has 0 saturated carbocycles. The van der Waals surface area contributed by atoms with Crippen molar-refractivity contribution in [2.24, 2.45) is 0 Å². The molecule has 5 nitrogen and oxygen atoms in total. The second kappa shape index (κ2) is 9.50. The van der Waals surface area contributed by atoms with Gasteiger partial charge in [-0.3, -0.25) is 9.78 Å². The Morgan fingerprint density at radius 3 is 2.68 bits per heavy atom. The van der Waals surface area contributed by atoms with E-state index in [1.165, 1.54) is 18.3 Å². The summed E-state index contributed by atoms with van der Waals surface area (Å²) in [7, 11) is 1.64. The number of benzene rings is 2. The number of aromatic nitrogens is 1. The van der Waals surface area contributed by atoms with Gasteiger partial charge in [0.1, 0.15) is 11.6 Å². The third-order valence-electron chi connectivity index (χ3n) is 4.29. The number of nitrogens with zero attached hydrogens (tertiary/aromatic N) is 1. The number of para-hydroxylation sites is 1. The lowest BCUT2D eigenvalue weighted by Crippen LogP contribution is -2.25. The molecule has 2 N–H and O–H groups in total. The lowest BCUT2D eigenvalue weighted by atomic mass is 10.1.